The Kier molecular flexibility index (Phi) is 4.05. The Labute approximate surface area is 107 Å². The Hall–Kier alpha value is -1.47. The first-order chi connectivity index (χ1) is 8.29. The van der Waals surface area contributed by atoms with Crippen LogP contribution in [0.4, 0.5) is 5.13 Å². The molecule has 17 heavy (non-hydrogen) atoms. The van der Waals surface area contributed by atoms with Gasteiger partial charge in [0.2, 0.25) is 10.1 Å². The van der Waals surface area contributed by atoms with Gasteiger partial charge in [0.25, 0.3) is 5.91 Å². The van der Waals surface area contributed by atoms with Gasteiger partial charge in [-0.1, -0.05) is 11.3 Å². The highest BCUT2D eigenvalue weighted by atomic mass is 32.1. The third-order valence-corrected chi connectivity index (χ3v) is 3.59. The monoisotopic (exact) mass is 268 g/mol. The van der Waals surface area contributed by atoms with Crippen LogP contribution in [0.1, 0.15) is 22.3 Å². The summed E-state index contributed by atoms with van der Waals surface area (Å²) in [5.41, 5.74) is 1.10. The first-order valence-corrected chi connectivity index (χ1v) is 6.92. The summed E-state index contributed by atoms with van der Waals surface area (Å²) in [6.07, 6.45) is 0. The average molecular weight is 268 g/mol. The fourth-order valence-corrected chi connectivity index (χ4v) is 2.59. The molecule has 0 saturated carbocycles. The van der Waals surface area contributed by atoms with Gasteiger partial charge in [-0.2, -0.15) is 11.3 Å². The number of nitrogens with zero attached hydrogens (tertiary/aromatic N) is 2. The summed E-state index contributed by atoms with van der Waals surface area (Å²) in [6, 6.07) is 1.98. The van der Waals surface area contributed by atoms with Crippen molar-refractivity contribution >= 4 is 33.7 Å². The maximum absolute atomic E-state index is 11.7. The van der Waals surface area contributed by atoms with Crippen LogP contribution in [-0.2, 0) is 6.54 Å². The molecular formula is C10H12N4OS2. The number of carbonyl (C=O) groups is 1. The van der Waals surface area contributed by atoms with E-state index in [0.29, 0.717) is 16.7 Å². The highest BCUT2D eigenvalue weighted by Crippen LogP contribution is 2.14. The molecule has 2 aromatic heterocycles. The summed E-state index contributed by atoms with van der Waals surface area (Å²) in [7, 11) is 0. The van der Waals surface area contributed by atoms with Crippen molar-refractivity contribution in [2.24, 2.45) is 0 Å². The number of carbonyl (C=O) groups excluding carboxylic acids is 1. The summed E-state index contributed by atoms with van der Waals surface area (Å²) in [5, 5.41) is 18.6. The third-order valence-electron chi connectivity index (χ3n) is 1.98. The molecule has 0 aromatic carbocycles. The lowest BCUT2D eigenvalue weighted by Gasteiger charge is -1.99. The number of rotatable bonds is 5. The van der Waals surface area contributed by atoms with Gasteiger partial charge in [-0.25, -0.2) is 0 Å². The van der Waals surface area contributed by atoms with Crippen molar-refractivity contribution in [3.8, 4) is 0 Å². The van der Waals surface area contributed by atoms with E-state index in [2.05, 4.69) is 20.8 Å². The fraction of sp³-hybridized carbons (Fsp3) is 0.300. The molecular weight excluding hydrogens is 256 g/mol. The first-order valence-electron chi connectivity index (χ1n) is 5.16. The Morgan fingerprint density at radius 3 is 3.06 bits per heavy atom. The molecule has 0 fully saturated rings. The molecule has 2 heterocycles. The predicted octanol–water partition coefficient (Wildman–Crippen LogP) is 1.96. The molecule has 0 saturated heterocycles. The molecule has 2 aromatic rings. The van der Waals surface area contributed by atoms with E-state index in [1.54, 1.807) is 11.3 Å². The average Bonchev–Trinajstić information content (AvgIpc) is 2.97. The van der Waals surface area contributed by atoms with Gasteiger partial charge in [0.1, 0.15) is 0 Å². The van der Waals surface area contributed by atoms with Crippen molar-refractivity contribution in [3.63, 3.8) is 0 Å². The van der Waals surface area contributed by atoms with Crippen molar-refractivity contribution < 1.29 is 4.79 Å². The van der Waals surface area contributed by atoms with E-state index in [1.807, 2.05) is 23.8 Å². The molecule has 0 spiro atoms. The van der Waals surface area contributed by atoms with Crippen LogP contribution < -0.4 is 10.6 Å². The van der Waals surface area contributed by atoms with Crippen molar-refractivity contribution in [2.75, 3.05) is 11.9 Å². The van der Waals surface area contributed by atoms with Crippen molar-refractivity contribution in [1.29, 1.82) is 0 Å². The highest BCUT2D eigenvalue weighted by molar-refractivity contribution is 7.17. The normalized spacial score (nSPS) is 10.2. The number of thiophene rings is 1. The van der Waals surface area contributed by atoms with Crippen LogP contribution in [-0.4, -0.2) is 22.6 Å². The van der Waals surface area contributed by atoms with Crippen molar-refractivity contribution in [1.82, 2.24) is 15.5 Å². The van der Waals surface area contributed by atoms with Gasteiger partial charge in [-0.3, -0.25) is 4.79 Å². The lowest BCUT2D eigenvalue weighted by Crippen LogP contribution is -2.22. The SMILES string of the molecule is CCNc1nnc(C(=O)NCc2ccsc2)s1. The Morgan fingerprint density at radius 2 is 2.35 bits per heavy atom. The van der Waals surface area contributed by atoms with E-state index in [9.17, 15) is 4.79 Å². The predicted molar refractivity (Wildman–Crippen MR) is 69.6 cm³/mol. The van der Waals surface area contributed by atoms with E-state index < -0.39 is 0 Å². The summed E-state index contributed by atoms with van der Waals surface area (Å²) in [4.78, 5) is 11.7. The molecule has 0 aliphatic rings. The zero-order chi connectivity index (χ0) is 12.1. The van der Waals surface area contributed by atoms with E-state index in [1.165, 1.54) is 11.3 Å². The molecule has 2 rings (SSSR count). The van der Waals surface area contributed by atoms with Crippen molar-refractivity contribution in [2.45, 2.75) is 13.5 Å². The van der Waals surface area contributed by atoms with Crippen LogP contribution in [0.15, 0.2) is 16.8 Å². The van der Waals surface area contributed by atoms with Gasteiger partial charge in [0, 0.05) is 13.1 Å². The van der Waals surface area contributed by atoms with Crippen LogP contribution >= 0.6 is 22.7 Å². The summed E-state index contributed by atoms with van der Waals surface area (Å²) >= 11 is 2.87. The maximum Gasteiger partial charge on any atom is 0.282 e. The molecule has 5 nitrogen and oxygen atoms in total. The van der Waals surface area contributed by atoms with Gasteiger partial charge in [-0.15, -0.1) is 10.2 Å². The van der Waals surface area contributed by atoms with Crippen molar-refractivity contribution in [3.05, 3.63) is 27.4 Å². The van der Waals surface area contributed by atoms with Gasteiger partial charge in [0.15, 0.2) is 0 Å². The summed E-state index contributed by atoms with van der Waals surface area (Å²) < 4.78 is 0. The quantitative estimate of drug-likeness (QED) is 0.870. The number of hydrogen-bond donors (Lipinski definition) is 2. The Bertz CT molecular complexity index is 480. The van der Waals surface area contributed by atoms with Crippen LogP contribution in [0.2, 0.25) is 0 Å². The number of nitrogens with one attached hydrogen (secondary N) is 2. The lowest BCUT2D eigenvalue weighted by atomic mass is 10.3. The second kappa shape index (κ2) is 5.74. The standard InChI is InChI=1S/C10H12N4OS2/c1-2-11-10-14-13-9(17-10)8(15)12-5-7-3-4-16-6-7/h3-4,6H,2,5H2,1H3,(H,11,14)(H,12,15). The molecule has 0 aliphatic heterocycles. The second-order valence-electron chi connectivity index (χ2n) is 3.26. The number of anilines is 1. The molecule has 90 valence electrons. The maximum atomic E-state index is 11.7. The van der Waals surface area contributed by atoms with E-state index in [0.717, 1.165) is 12.1 Å². The number of aromatic nitrogens is 2. The van der Waals surface area contributed by atoms with E-state index in [-0.39, 0.29) is 5.91 Å². The minimum Gasteiger partial charge on any atom is -0.360 e. The molecule has 1 amide bonds. The highest BCUT2D eigenvalue weighted by Gasteiger charge is 2.11. The van der Waals surface area contributed by atoms with Crippen LogP contribution in [0.25, 0.3) is 0 Å². The van der Waals surface area contributed by atoms with Gasteiger partial charge < -0.3 is 10.6 Å². The van der Waals surface area contributed by atoms with Gasteiger partial charge in [-0.05, 0) is 29.3 Å². The largest absolute Gasteiger partial charge is 0.360 e. The molecule has 0 unspecified atom stereocenters. The Morgan fingerprint density at radius 1 is 1.47 bits per heavy atom. The molecule has 0 aliphatic carbocycles. The van der Waals surface area contributed by atoms with Gasteiger partial charge in [0.05, 0.1) is 0 Å². The van der Waals surface area contributed by atoms with E-state index in [4.69, 9.17) is 0 Å². The molecule has 0 bridgehead atoms. The summed E-state index contributed by atoms with van der Waals surface area (Å²) in [6.45, 7) is 3.27. The number of amides is 1. The molecule has 7 heteroatoms. The summed E-state index contributed by atoms with van der Waals surface area (Å²) in [5.74, 6) is -0.183. The molecule has 0 atom stereocenters. The minimum atomic E-state index is -0.183. The minimum absolute atomic E-state index is 0.183. The van der Waals surface area contributed by atoms with Crippen LogP contribution in [0, 0.1) is 0 Å². The molecule has 2 N–H and O–H groups in total. The Balaban J connectivity index is 1.90. The third kappa shape index (κ3) is 3.24. The zero-order valence-electron chi connectivity index (χ0n) is 9.27. The van der Waals surface area contributed by atoms with Gasteiger partial charge >= 0.3 is 0 Å². The zero-order valence-corrected chi connectivity index (χ0v) is 10.9. The first kappa shape index (κ1) is 12.0. The van der Waals surface area contributed by atoms with Crippen LogP contribution in [0.5, 0.6) is 0 Å². The smallest absolute Gasteiger partial charge is 0.282 e. The van der Waals surface area contributed by atoms with Crippen LogP contribution in [0.3, 0.4) is 0 Å². The fourth-order valence-electron chi connectivity index (χ4n) is 1.19. The second-order valence-corrected chi connectivity index (χ2v) is 5.01. The lowest BCUT2D eigenvalue weighted by molar-refractivity contribution is 0.0950. The van der Waals surface area contributed by atoms with E-state index >= 15 is 0 Å². The topological polar surface area (TPSA) is 66.9 Å². The molecule has 0 radical (unpaired) electrons. The number of hydrogen-bond acceptors (Lipinski definition) is 6.